The van der Waals surface area contributed by atoms with Crippen LogP contribution in [0, 0.1) is 5.92 Å². The molecule has 1 N–H and O–H groups in total. The van der Waals surface area contributed by atoms with E-state index in [0.29, 0.717) is 24.1 Å². The Balaban J connectivity index is 1.29. The number of amides is 2. The summed E-state index contributed by atoms with van der Waals surface area (Å²) >= 11 is 1.42. The summed E-state index contributed by atoms with van der Waals surface area (Å²) in [5.41, 5.74) is 1.26. The summed E-state index contributed by atoms with van der Waals surface area (Å²) in [5.74, 6) is -0.281. The van der Waals surface area contributed by atoms with Crippen molar-refractivity contribution in [2.24, 2.45) is 5.92 Å². The quantitative estimate of drug-likeness (QED) is 0.809. The standard InChI is InChI=1S/C21H26N4O2S/c26-19-13-16(14-25(19)17-9-5-2-6-10-17)20(27)22-21-24-23-18(28-21)12-11-15-7-3-1-4-8-15/h1,3-4,7-8,16-17H,2,5-6,9-14H2,(H,22,24,27)/t16-/m1/s1. The number of aryl methyl sites for hydroxylation is 2. The predicted molar refractivity (Wildman–Crippen MR) is 109 cm³/mol. The highest BCUT2D eigenvalue weighted by atomic mass is 32.1. The van der Waals surface area contributed by atoms with Gasteiger partial charge in [-0.25, -0.2) is 0 Å². The maximum absolute atomic E-state index is 12.6. The summed E-state index contributed by atoms with van der Waals surface area (Å²) in [7, 11) is 0. The molecule has 1 aromatic carbocycles. The van der Waals surface area contributed by atoms with Crippen molar-refractivity contribution >= 4 is 28.3 Å². The molecule has 2 heterocycles. The van der Waals surface area contributed by atoms with Crippen LogP contribution in [0.3, 0.4) is 0 Å². The average molecular weight is 399 g/mol. The van der Waals surface area contributed by atoms with E-state index in [1.54, 1.807) is 0 Å². The average Bonchev–Trinajstić information content (AvgIpc) is 3.34. The Morgan fingerprint density at radius 2 is 1.89 bits per heavy atom. The van der Waals surface area contributed by atoms with E-state index in [1.165, 1.54) is 36.2 Å². The number of rotatable bonds is 6. The van der Waals surface area contributed by atoms with Crippen LogP contribution in [0.5, 0.6) is 0 Å². The highest BCUT2D eigenvalue weighted by molar-refractivity contribution is 7.15. The molecule has 1 aromatic heterocycles. The molecule has 1 aliphatic carbocycles. The van der Waals surface area contributed by atoms with Crippen molar-refractivity contribution in [3.8, 4) is 0 Å². The molecule has 0 unspecified atom stereocenters. The highest BCUT2D eigenvalue weighted by Gasteiger charge is 2.38. The van der Waals surface area contributed by atoms with Crippen LogP contribution >= 0.6 is 11.3 Å². The van der Waals surface area contributed by atoms with Crippen molar-refractivity contribution in [1.29, 1.82) is 0 Å². The van der Waals surface area contributed by atoms with Crippen molar-refractivity contribution in [3.63, 3.8) is 0 Å². The van der Waals surface area contributed by atoms with Gasteiger partial charge >= 0.3 is 0 Å². The number of nitrogens with zero attached hydrogens (tertiary/aromatic N) is 3. The molecule has 2 aliphatic rings. The number of aromatic nitrogens is 2. The number of carbonyl (C=O) groups is 2. The first-order valence-electron chi connectivity index (χ1n) is 10.2. The van der Waals surface area contributed by atoms with E-state index in [9.17, 15) is 9.59 Å². The zero-order valence-electron chi connectivity index (χ0n) is 16.0. The number of likely N-dealkylation sites (tertiary alicyclic amines) is 1. The van der Waals surface area contributed by atoms with E-state index < -0.39 is 0 Å². The van der Waals surface area contributed by atoms with E-state index in [0.717, 1.165) is 30.7 Å². The number of anilines is 1. The van der Waals surface area contributed by atoms with Gasteiger partial charge in [0.2, 0.25) is 16.9 Å². The van der Waals surface area contributed by atoms with Crippen LogP contribution in [0.15, 0.2) is 30.3 Å². The van der Waals surface area contributed by atoms with Gasteiger partial charge in [0.05, 0.1) is 5.92 Å². The largest absolute Gasteiger partial charge is 0.339 e. The smallest absolute Gasteiger partial charge is 0.231 e. The van der Waals surface area contributed by atoms with Gasteiger partial charge in [0.25, 0.3) is 0 Å². The third-order valence-corrected chi connectivity index (χ3v) is 6.61. The van der Waals surface area contributed by atoms with Gasteiger partial charge in [-0.15, -0.1) is 10.2 Å². The number of benzene rings is 1. The van der Waals surface area contributed by atoms with Crippen molar-refractivity contribution in [1.82, 2.24) is 15.1 Å². The molecule has 2 aromatic rings. The van der Waals surface area contributed by atoms with Crippen LogP contribution in [0.4, 0.5) is 5.13 Å². The Bertz CT molecular complexity index is 817. The SMILES string of the molecule is O=C(Nc1nnc(CCc2ccccc2)s1)[C@@H]1CC(=O)N(C2CCCCC2)C1. The molecule has 28 heavy (non-hydrogen) atoms. The summed E-state index contributed by atoms with van der Waals surface area (Å²) in [4.78, 5) is 27.0. The fraction of sp³-hybridized carbons (Fsp3) is 0.524. The topological polar surface area (TPSA) is 75.2 Å². The molecule has 2 amide bonds. The van der Waals surface area contributed by atoms with Gasteiger partial charge in [-0.1, -0.05) is 60.9 Å². The van der Waals surface area contributed by atoms with Crippen LogP contribution in [0.1, 0.15) is 49.1 Å². The summed E-state index contributed by atoms with van der Waals surface area (Å²) in [6.07, 6.45) is 7.77. The van der Waals surface area contributed by atoms with Crippen molar-refractivity contribution in [2.45, 2.75) is 57.4 Å². The Morgan fingerprint density at radius 1 is 1.11 bits per heavy atom. The second-order valence-electron chi connectivity index (χ2n) is 7.71. The van der Waals surface area contributed by atoms with Gasteiger partial charge in [-0.05, 0) is 24.8 Å². The van der Waals surface area contributed by atoms with Crippen molar-refractivity contribution < 1.29 is 9.59 Å². The molecule has 0 spiro atoms. The van der Waals surface area contributed by atoms with E-state index in [-0.39, 0.29) is 17.7 Å². The normalized spacial score (nSPS) is 20.5. The van der Waals surface area contributed by atoms with Crippen LogP contribution in [-0.4, -0.2) is 39.5 Å². The third-order valence-electron chi connectivity index (χ3n) is 5.71. The molecule has 148 valence electrons. The molecule has 0 radical (unpaired) electrons. The zero-order valence-corrected chi connectivity index (χ0v) is 16.8. The van der Waals surface area contributed by atoms with Gasteiger partial charge in [0, 0.05) is 25.4 Å². The molecule has 1 saturated carbocycles. The second kappa shape index (κ2) is 8.82. The minimum absolute atomic E-state index is 0.114. The first-order chi connectivity index (χ1) is 13.7. The van der Waals surface area contributed by atoms with Gasteiger partial charge in [-0.3, -0.25) is 9.59 Å². The van der Waals surface area contributed by atoms with E-state index >= 15 is 0 Å². The summed E-state index contributed by atoms with van der Waals surface area (Å²) < 4.78 is 0. The molecular formula is C21H26N4O2S. The lowest BCUT2D eigenvalue weighted by Gasteiger charge is -2.31. The number of hydrogen-bond donors (Lipinski definition) is 1. The van der Waals surface area contributed by atoms with Gasteiger partial charge in [0.1, 0.15) is 5.01 Å². The molecule has 7 heteroatoms. The minimum Gasteiger partial charge on any atom is -0.339 e. The van der Waals surface area contributed by atoms with Gasteiger partial charge in [-0.2, -0.15) is 0 Å². The fourth-order valence-corrected chi connectivity index (χ4v) is 4.90. The van der Waals surface area contributed by atoms with Gasteiger partial charge in [0.15, 0.2) is 0 Å². The number of hydrogen-bond acceptors (Lipinski definition) is 5. The lowest BCUT2D eigenvalue weighted by atomic mass is 9.94. The Morgan fingerprint density at radius 3 is 2.68 bits per heavy atom. The molecule has 1 saturated heterocycles. The van der Waals surface area contributed by atoms with Gasteiger partial charge < -0.3 is 10.2 Å². The zero-order chi connectivity index (χ0) is 19.3. The first kappa shape index (κ1) is 19.1. The maximum atomic E-state index is 12.6. The summed E-state index contributed by atoms with van der Waals surface area (Å²) in [6.45, 7) is 0.537. The highest BCUT2D eigenvalue weighted by Crippen LogP contribution is 2.29. The molecule has 1 aliphatic heterocycles. The van der Waals surface area contributed by atoms with Crippen LogP contribution in [-0.2, 0) is 22.4 Å². The monoisotopic (exact) mass is 398 g/mol. The maximum Gasteiger partial charge on any atom is 0.231 e. The number of carbonyl (C=O) groups excluding carboxylic acids is 2. The van der Waals surface area contributed by atoms with E-state index in [1.807, 2.05) is 23.1 Å². The molecule has 0 bridgehead atoms. The van der Waals surface area contributed by atoms with Crippen LogP contribution in [0.25, 0.3) is 0 Å². The van der Waals surface area contributed by atoms with E-state index in [2.05, 4.69) is 27.6 Å². The van der Waals surface area contributed by atoms with E-state index in [4.69, 9.17) is 0 Å². The third kappa shape index (κ3) is 4.58. The van der Waals surface area contributed by atoms with Crippen LogP contribution in [0.2, 0.25) is 0 Å². The molecule has 2 fully saturated rings. The lowest BCUT2D eigenvalue weighted by molar-refractivity contribution is -0.130. The Kier molecular flexibility index (Phi) is 6.00. The predicted octanol–water partition coefficient (Wildman–Crippen LogP) is 3.44. The Labute approximate surface area is 169 Å². The summed E-state index contributed by atoms with van der Waals surface area (Å²) in [5, 5.41) is 12.6. The lowest BCUT2D eigenvalue weighted by Crippen LogP contribution is -2.38. The first-order valence-corrected chi connectivity index (χ1v) is 11.0. The number of nitrogens with one attached hydrogen (secondary N) is 1. The molecular weight excluding hydrogens is 372 g/mol. The molecule has 4 rings (SSSR count). The molecule has 6 nitrogen and oxygen atoms in total. The van der Waals surface area contributed by atoms with Crippen molar-refractivity contribution in [2.75, 3.05) is 11.9 Å². The minimum atomic E-state index is -0.286. The second-order valence-corrected chi connectivity index (χ2v) is 8.78. The summed E-state index contributed by atoms with van der Waals surface area (Å²) in [6, 6.07) is 10.6. The molecule has 1 atom stereocenters. The fourth-order valence-electron chi connectivity index (χ4n) is 4.16. The Hall–Kier alpha value is -2.28. The van der Waals surface area contributed by atoms with Crippen molar-refractivity contribution in [3.05, 3.63) is 40.9 Å². The van der Waals surface area contributed by atoms with Crippen LogP contribution < -0.4 is 5.32 Å².